The molecule has 0 aliphatic heterocycles. The van der Waals surface area contributed by atoms with E-state index in [2.05, 4.69) is 25.3 Å². The van der Waals surface area contributed by atoms with E-state index in [9.17, 15) is 22.0 Å². The molecule has 0 atom stereocenters. The zero-order valence-electron chi connectivity index (χ0n) is 16.8. The van der Waals surface area contributed by atoms with Crippen LogP contribution < -0.4 is 15.4 Å². The Kier molecular flexibility index (Phi) is 6.01. The highest BCUT2D eigenvalue weighted by Crippen LogP contribution is 2.30. The van der Waals surface area contributed by atoms with Gasteiger partial charge in [0.2, 0.25) is 5.95 Å². The number of nitrogens with zero attached hydrogens (tertiary/aromatic N) is 2. The van der Waals surface area contributed by atoms with Gasteiger partial charge in [-0.05, 0) is 45.0 Å². The fourth-order valence-corrected chi connectivity index (χ4v) is 2.62. The van der Waals surface area contributed by atoms with E-state index in [4.69, 9.17) is 0 Å². The average molecular weight is 438 g/mol. The number of ether oxygens (including phenoxy) is 1. The summed E-state index contributed by atoms with van der Waals surface area (Å²) in [5.74, 6) is -2.01. The van der Waals surface area contributed by atoms with Crippen LogP contribution in [0.15, 0.2) is 48.5 Å². The van der Waals surface area contributed by atoms with Crippen molar-refractivity contribution < 1.29 is 26.7 Å². The molecule has 0 saturated carbocycles. The van der Waals surface area contributed by atoms with Crippen molar-refractivity contribution in [2.75, 3.05) is 10.6 Å². The first kappa shape index (κ1) is 22.3. The zero-order chi connectivity index (χ0) is 22.8. The SMILES string of the molecule is CC(C)(C)Nc1nc(Nc2ccc(F)c(F)c2)cc(-c2cccc(OC(F)(F)F)c2)n1. The number of nitrogens with one attached hydrogen (secondary N) is 2. The molecule has 0 unspecified atom stereocenters. The third kappa shape index (κ3) is 6.53. The van der Waals surface area contributed by atoms with Gasteiger partial charge in [0, 0.05) is 28.9 Å². The Morgan fingerprint density at radius 2 is 1.61 bits per heavy atom. The minimum Gasteiger partial charge on any atom is -0.406 e. The topological polar surface area (TPSA) is 59.1 Å². The largest absolute Gasteiger partial charge is 0.573 e. The molecule has 3 aromatic rings. The first-order chi connectivity index (χ1) is 14.4. The van der Waals surface area contributed by atoms with Gasteiger partial charge in [-0.25, -0.2) is 13.8 Å². The van der Waals surface area contributed by atoms with Crippen LogP contribution in [0.25, 0.3) is 11.3 Å². The van der Waals surface area contributed by atoms with Gasteiger partial charge in [-0.1, -0.05) is 12.1 Å². The van der Waals surface area contributed by atoms with E-state index >= 15 is 0 Å². The fraction of sp³-hybridized carbons (Fsp3) is 0.238. The molecule has 0 amide bonds. The van der Waals surface area contributed by atoms with E-state index in [1.54, 1.807) is 6.07 Å². The lowest BCUT2D eigenvalue weighted by Gasteiger charge is -2.21. The number of hydrogen-bond donors (Lipinski definition) is 2. The number of alkyl halides is 3. The highest BCUT2D eigenvalue weighted by Gasteiger charge is 2.31. The van der Waals surface area contributed by atoms with E-state index in [-0.39, 0.29) is 17.5 Å². The molecule has 3 rings (SSSR count). The first-order valence-corrected chi connectivity index (χ1v) is 9.13. The van der Waals surface area contributed by atoms with Crippen LogP contribution in [0.4, 0.5) is 39.4 Å². The van der Waals surface area contributed by atoms with Crippen LogP contribution in [0.2, 0.25) is 0 Å². The predicted octanol–water partition coefficient (Wildman–Crippen LogP) is 6.27. The second-order valence-corrected chi connectivity index (χ2v) is 7.67. The summed E-state index contributed by atoms with van der Waals surface area (Å²) in [6, 6.07) is 10.1. The van der Waals surface area contributed by atoms with Crippen molar-refractivity contribution >= 4 is 17.5 Å². The molecule has 164 valence electrons. The van der Waals surface area contributed by atoms with Crippen molar-refractivity contribution in [1.29, 1.82) is 0 Å². The number of halogens is 5. The van der Waals surface area contributed by atoms with Crippen molar-refractivity contribution in [3.05, 3.63) is 60.2 Å². The number of benzene rings is 2. The molecule has 0 aliphatic rings. The molecule has 31 heavy (non-hydrogen) atoms. The molecule has 0 bridgehead atoms. The standard InChI is InChI=1S/C21H19F5N4O/c1-20(2,3)30-19-28-17(12-5-4-6-14(9-12)31-21(24,25)26)11-18(29-19)27-13-7-8-15(22)16(23)10-13/h4-11H,1-3H3,(H2,27,28,29,30). The lowest BCUT2D eigenvalue weighted by Crippen LogP contribution is -2.27. The number of rotatable bonds is 5. The summed E-state index contributed by atoms with van der Waals surface area (Å²) in [5, 5.41) is 5.94. The summed E-state index contributed by atoms with van der Waals surface area (Å²) in [7, 11) is 0. The maximum Gasteiger partial charge on any atom is 0.573 e. The molecule has 2 N–H and O–H groups in total. The third-order valence-corrected chi connectivity index (χ3v) is 3.77. The van der Waals surface area contributed by atoms with E-state index in [0.717, 1.165) is 12.1 Å². The summed E-state index contributed by atoms with van der Waals surface area (Å²) in [6.45, 7) is 5.63. The third-order valence-electron chi connectivity index (χ3n) is 3.77. The molecular formula is C21H19F5N4O. The van der Waals surface area contributed by atoms with Crippen LogP contribution in [0.1, 0.15) is 20.8 Å². The first-order valence-electron chi connectivity index (χ1n) is 9.13. The zero-order valence-corrected chi connectivity index (χ0v) is 16.8. The normalized spacial score (nSPS) is 11.9. The lowest BCUT2D eigenvalue weighted by atomic mass is 10.1. The predicted molar refractivity (Wildman–Crippen MR) is 107 cm³/mol. The van der Waals surface area contributed by atoms with E-state index in [1.807, 2.05) is 20.8 Å². The quantitative estimate of drug-likeness (QED) is 0.460. The van der Waals surface area contributed by atoms with Crippen LogP contribution in [0.5, 0.6) is 5.75 Å². The summed E-state index contributed by atoms with van der Waals surface area (Å²) in [4.78, 5) is 8.68. The van der Waals surface area contributed by atoms with Gasteiger partial charge < -0.3 is 15.4 Å². The van der Waals surface area contributed by atoms with Crippen LogP contribution in [0, 0.1) is 11.6 Å². The smallest absolute Gasteiger partial charge is 0.406 e. The minimum atomic E-state index is -4.83. The summed E-state index contributed by atoms with van der Waals surface area (Å²) in [5.41, 5.74) is 0.451. The average Bonchev–Trinajstić information content (AvgIpc) is 2.62. The summed E-state index contributed by atoms with van der Waals surface area (Å²) < 4.78 is 68.4. The molecule has 0 aliphatic carbocycles. The molecular weight excluding hydrogens is 419 g/mol. The van der Waals surface area contributed by atoms with Gasteiger partial charge in [-0.15, -0.1) is 13.2 Å². The minimum absolute atomic E-state index is 0.192. The number of hydrogen-bond acceptors (Lipinski definition) is 5. The Morgan fingerprint density at radius 3 is 2.26 bits per heavy atom. The highest BCUT2D eigenvalue weighted by molar-refractivity contribution is 5.68. The monoisotopic (exact) mass is 438 g/mol. The Balaban J connectivity index is 2.01. The number of aromatic nitrogens is 2. The van der Waals surface area contributed by atoms with Gasteiger partial charge in [0.1, 0.15) is 11.6 Å². The Labute approximate surface area is 175 Å². The molecule has 0 spiro atoms. The molecule has 0 radical (unpaired) electrons. The Hall–Kier alpha value is -3.43. The molecule has 2 aromatic carbocycles. The maximum absolute atomic E-state index is 13.5. The van der Waals surface area contributed by atoms with Gasteiger partial charge in [0.05, 0.1) is 5.69 Å². The fourth-order valence-electron chi connectivity index (χ4n) is 2.62. The number of anilines is 3. The molecule has 1 heterocycles. The molecule has 0 fully saturated rings. The molecule has 0 saturated heterocycles. The lowest BCUT2D eigenvalue weighted by molar-refractivity contribution is -0.274. The van der Waals surface area contributed by atoms with Gasteiger partial charge >= 0.3 is 6.36 Å². The van der Waals surface area contributed by atoms with Crippen molar-refractivity contribution in [1.82, 2.24) is 9.97 Å². The van der Waals surface area contributed by atoms with E-state index < -0.39 is 29.3 Å². The van der Waals surface area contributed by atoms with Gasteiger partial charge in [-0.2, -0.15) is 4.98 Å². The van der Waals surface area contributed by atoms with Crippen molar-refractivity contribution in [3.8, 4) is 17.0 Å². The van der Waals surface area contributed by atoms with E-state index in [1.165, 1.54) is 30.3 Å². The van der Waals surface area contributed by atoms with Gasteiger partial charge in [0.15, 0.2) is 11.6 Å². The Bertz CT molecular complexity index is 1080. The van der Waals surface area contributed by atoms with Crippen LogP contribution >= 0.6 is 0 Å². The van der Waals surface area contributed by atoms with Crippen LogP contribution in [-0.4, -0.2) is 21.9 Å². The van der Waals surface area contributed by atoms with Crippen molar-refractivity contribution in [2.45, 2.75) is 32.7 Å². The summed E-state index contributed by atoms with van der Waals surface area (Å²) in [6.07, 6.45) is -4.83. The van der Waals surface area contributed by atoms with Crippen molar-refractivity contribution in [2.24, 2.45) is 0 Å². The Morgan fingerprint density at radius 1 is 0.871 bits per heavy atom. The molecule has 10 heteroatoms. The summed E-state index contributed by atoms with van der Waals surface area (Å²) >= 11 is 0. The molecule has 5 nitrogen and oxygen atoms in total. The van der Waals surface area contributed by atoms with Gasteiger partial charge in [0.25, 0.3) is 0 Å². The highest BCUT2D eigenvalue weighted by atomic mass is 19.4. The molecule has 1 aromatic heterocycles. The van der Waals surface area contributed by atoms with Crippen LogP contribution in [0.3, 0.4) is 0 Å². The van der Waals surface area contributed by atoms with Crippen LogP contribution in [-0.2, 0) is 0 Å². The van der Waals surface area contributed by atoms with Gasteiger partial charge in [-0.3, -0.25) is 0 Å². The van der Waals surface area contributed by atoms with Crippen molar-refractivity contribution in [3.63, 3.8) is 0 Å². The maximum atomic E-state index is 13.5. The second-order valence-electron chi connectivity index (χ2n) is 7.67. The van der Waals surface area contributed by atoms with E-state index in [0.29, 0.717) is 11.3 Å². The second kappa shape index (κ2) is 8.37.